The molecular weight excluding hydrogens is 112 g/mol. The molecule has 1 nitrogen and oxygen atoms in total. The number of allylic oxidation sites excluding steroid dienone is 3. The second-order valence-corrected chi connectivity index (χ2v) is 1.50. The van der Waals surface area contributed by atoms with Crippen LogP contribution in [0.5, 0.6) is 0 Å². The zero-order valence-electron chi connectivity index (χ0n) is 6.00. The highest BCUT2D eigenvalue weighted by atomic mass is 16.5. The molecule has 0 bridgehead atoms. The smallest absolute Gasteiger partial charge is 0.106 e. The van der Waals surface area contributed by atoms with Crippen molar-refractivity contribution in [3.8, 4) is 0 Å². The molecule has 0 aliphatic rings. The van der Waals surface area contributed by atoms with Gasteiger partial charge in [-0.05, 0) is 13.8 Å². The molecule has 0 rings (SSSR count). The van der Waals surface area contributed by atoms with Gasteiger partial charge in [-0.3, -0.25) is 0 Å². The maximum atomic E-state index is 4.93. The van der Waals surface area contributed by atoms with Gasteiger partial charge in [-0.1, -0.05) is 24.3 Å². The van der Waals surface area contributed by atoms with E-state index in [9.17, 15) is 0 Å². The van der Waals surface area contributed by atoms with E-state index in [0.717, 1.165) is 6.61 Å². The quantitative estimate of drug-likeness (QED) is 0.414. The summed E-state index contributed by atoms with van der Waals surface area (Å²) in [6, 6.07) is 0. The third kappa shape index (κ3) is 7.44. The Hall–Kier alpha value is -0.560. The van der Waals surface area contributed by atoms with Crippen LogP contribution in [0.2, 0.25) is 0 Å². The van der Waals surface area contributed by atoms with Gasteiger partial charge in [-0.15, -0.1) is 0 Å². The fraction of sp³-hybridized carbons (Fsp3) is 0.375. The first-order chi connectivity index (χ1) is 4.41. The first kappa shape index (κ1) is 8.44. The molecule has 0 unspecified atom stereocenters. The molecule has 0 amide bonds. The van der Waals surface area contributed by atoms with E-state index in [1.807, 2.05) is 38.2 Å². The van der Waals surface area contributed by atoms with E-state index in [2.05, 4.69) is 0 Å². The molecule has 0 spiro atoms. The molecule has 0 aromatic carbocycles. The highest BCUT2D eigenvalue weighted by Gasteiger charge is 1.72. The van der Waals surface area contributed by atoms with Gasteiger partial charge >= 0.3 is 0 Å². The van der Waals surface area contributed by atoms with Gasteiger partial charge in [0.25, 0.3) is 0 Å². The summed E-state index contributed by atoms with van der Waals surface area (Å²) >= 11 is 0. The molecule has 0 saturated heterocycles. The predicted molar refractivity (Wildman–Crippen MR) is 39.9 cm³/mol. The van der Waals surface area contributed by atoms with Crippen molar-refractivity contribution in [3.05, 3.63) is 30.9 Å². The largest absolute Gasteiger partial charge is 0.371 e. The van der Waals surface area contributed by atoms with Gasteiger partial charge in [-0.2, -0.15) is 0 Å². The lowest BCUT2D eigenvalue weighted by Crippen LogP contribution is -1.80. The summed E-state index contributed by atoms with van der Waals surface area (Å²) in [6.45, 7) is 6.35. The summed E-state index contributed by atoms with van der Waals surface area (Å²) in [6.07, 6.45) is 7.71. The fourth-order valence-corrected chi connectivity index (χ4v) is 0.372. The van der Waals surface area contributed by atoms with Crippen LogP contribution in [-0.2, 0) is 4.74 Å². The molecule has 0 heterocycles. The van der Waals surface area contributed by atoms with E-state index in [1.165, 1.54) is 0 Å². The fourth-order valence-electron chi connectivity index (χ4n) is 0.372. The van der Waals surface area contributed by atoms with Crippen LogP contribution < -0.4 is 0 Å². The normalized spacial score (nSPS) is 11.8. The standard InChI is InChI=1S/C8H13O/c1-3-5-6-7-8-9-4-2/h3,5-8H,4H2,1-2H3. The van der Waals surface area contributed by atoms with Crippen LogP contribution in [0.3, 0.4) is 0 Å². The first-order valence-corrected chi connectivity index (χ1v) is 3.14. The summed E-state index contributed by atoms with van der Waals surface area (Å²) in [7, 11) is 0. The van der Waals surface area contributed by atoms with Gasteiger partial charge in [0.15, 0.2) is 0 Å². The summed E-state index contributed by atoms with van der Waals surface area (Å²) in [5.41, 5.74) is 0. The summed E-state index contributed by atoms with van der Waals surface area (Å²) in [5.74, 6) is 0. The zero-order chi connectivity index (χ0) is 6.95. The van der Waals surface area contributed by atoms with E-state index in [4.69, 9.17) is 4.74 Å². The Morgan fingerprint density at radius 3 is 2.56 bits per heavy atom. The Morgan fingerprint density at radius 1 is 1.22 bits per heavy atom. The topological polar surface area (TPSA) is 9.23 Å². The van der Waals surface area contributed by atoms with Crippen molar-refractivity contribution >= 4 is 0 Å². The maximum Gasteiger partial charge on any atom is 0.106 e. The molecule has 9 heavy (non-hydrogen) atoms. The lowest BCUT2D eigenvalue weighted by molar-refractivity contribution is 0.233. The molecule has 0 N–H and O–H groups in total. The van der Waals surface area contributed by atoms with E-state index >= 15 is 0 Å². The van der Waals surface area contributed by atoms with Crippen molar-refractivity contribution in [1.29, 1.82) is 0 Å². The van der Waals surface area contributed by atoms with Crippen molar-refractivity contribution in [2.75, 3.05) is 6.61 Å². The number of ether oxygens (including phenoxy) is 1. The summed E-state index contributed by atoms with van der Waals surface area (Å²) < 4.78 is 4.93. The Morgan fingerprint density at radius 2 is 2.00 bits per heavy atom. The average Bonchev–Trinajstić information content (AvgIpc) is 1.89. The molecule has 0 aromatic rings. The monoisotopic (exact) mass is 125 g/mol. The van der Waals surface area contributed by atoms with Gasteiger partial charge in [0.2, 0.25) is 0 Å². The van der Waals surface area contributed by atoms with E-state index < -0.39 is 0 Å². The molecule has 1 heteroatoms. The van der Waals surface area contributed by atoms with E-state index in [-0.39, 0.29) is 0 Å². The number of hydrogen-bond acceptors (Lipinski definition) is 1. The van der Waals surface area contributed by atoms with Crippen LogP contribution in [0.25, 0.3) is 0 Å². The number of rotatable bonds is 4. The second kappa shape index (κ2) is 7.44. The SMILES string of the molecule is CC=CC=C[CH]OCC. The lowest BCUT2D eigenvalue weighted by Gasteiger charge is -1.88. The molecule has 0 aromatic heterocycles. The van der Waals surface area contributed by atoms with Gasteiger partial charge in [-0.25, -0.2) is 0 Å². The molecule has 0 fully saturated rings. The molecule has 51 valence electrons. The third-order valence-electron chi connectivity index (χ3n) is 0.756. The van der Waals surface area contributed by atoms with Crippen molar-refractivity contribution < 1.29 is 4.74 Å². The minimum absolute atomic E-state index is 0.736. The van der Waals surface area contributed by atoms with Crippen LogP contribution >= 0.6 is 0 Å². The molecule has 0 aliphatic heterocycles. The Labute approximate surface area is 57.0 Å². The molecule has 1 radical (unpaired) electrons. The van der Waals surface area contributed by atoms with Crippen LogP contribution in [0, 0.1) is 6.61 Å². The van der Waals surface area contributed by atoms with Crippen LogP contribution in [0.15, 0.2) is 24.3 Å². The highest BCUT2D eigenvalue weighted by molar-refractivity contribution is 5.04. The average molecular weight is 125 g/mol. The molecule has 0 aliphatic carbocycles. The third-order valence-corrected chi connectivity index (χ3v) is 0.756. The van der Waals surface area contributed by atoms with Crippen LogP contribution in [-0.4, -0.2) is 6.61 Å². The number of hydrogen-bond donors (Lipinski definition) is 0. The van der Waals surface area contributed by atoms with E-state index in [1.54, 1.807) is 6.61 Å². The van der Waals surface area contributed by atoms with Gasteiger partial charge in [0.05, 0.1) is 0 Å². The van der Waals surface area contributed by atoms with Crippen molar-refractivity contribution in [2.45, 2.75) is 13.8 Å². The van der Waals surface area contributed by atoms with Gasteiger partial charge in [0.1, 0.15) is 6.61 Å². The molecular formula is C8H13O. The van der Waals surface area contributed by atoms with E-state index in [0.29, 0.717) is 0 Å². The van der Waals surface area contributed by atoms with Crippen LogP contribution in [0.1, 0.15) is 13.8 Å². The minimum Gasteiger partial charge on any atom is -0.371 e. The second-order valence-electron chi connectivity index (χ2n) is 1.50. The highest BCUT2D eigenvalue weighted by Crippen LogP contribution is 1.84. The molecule has 0 saturated carbocycles. The maximum absolute atomic E-state index is 4.93. The van der Waals surface area contributed by atoms with Crippen molar-refractivity contribution in [3.63, 3.8) is 0 Å². The van der Waals surface area contributed by atoms with Crippen molar-refractivity contribution in [1.82, 2.24) is 0 Å². The first-order valence-electron chi connectivity index (χ1n) is 3.14. The van der Waals surface area contributed by atoms with Crippen molar-refractivity contribution in [2.24, 2.45) is 0 Å². The minimum atomic E-state index is 0.736. The Balaban J connectivity index is 3.04. The lowest BCUT2D eigenvalue weighted by atomic mass is 10.4. The van der Waals surface area contributed by atoms with Gasteiger partial charge < -0.3 is 4.74 Å². The Bertz CT molecular complexity index is 92.7. The summed E-state index contributed by atoms with van der Waals surface area (Å²) in [4.78, 5) is 0. The predicted octanol–water partition coefficient (Wildman–Crippen LogP) is 2.32. The zero-order valence-corrected chi connectivity index (χ0v) is 6.00. The Kier molecular flexibility index (Phi) is 6.98. The summed E-state index contributed by atoms with van der Waals surface area (Å²) in [5, 5.41) is 0. The van der Waals surface area contributed by atoms with Gasteiger partial charge in [0, 0.05) is 6.61 Å². The van der Waals surface area contributed by atoms with Crippen LogP contribution in [0.4, 0.5) is 0 Å². The molecule has 0 atom stereocenters.